The molecule has 0 spiro atoms. The van der Waals surface area contributed by atoms with E-state index in [1.54, 1.807) is 13.0 Å². The van der Waals surface area contributed by atoms with Gasteiger partial charge in [0.05, 0.1) is 18.7 Å². The van der Waals surface area contributed by atoms with Gasteiger partial charge in [0.2, 0.25) is 0 Å². The predicted octanol–water partition coefficient (Wildman–Crippen LogP) is 0.585. The van der Waals surface area contributed by atoms with Gasteiger partial charge in [0.25, 0.3) is 0 Å². The van der Waals surface area contributed by atoms with Crippen molar-refractivity contribution in [3.63, 3.8) is 0 Å². The summed E-state index contributed by atoms with van der Waals surface area (Å²) in [5.41, 5.74) is 0. The monoisotopic (exact) mass is 241 g/mol. The van der Waals surface area contributed by atoms with Gasteiger partial charge in [-0.2, -0.15) is 0 Å². The first kappa shape index (κ1) is 13.0. The minimum absolute atomic E-state index is 0.105. The van der Waals surface area contributed by atoms with Crippen molar-refractivity contribution in [1.82, 2.24) is 15.8 Å². The average molecular weight is 241 g/mol. The van der Waals surface area contributed by atoms with E-state index in [1.807, 2.05) is 0 Å². The number of carboxylic acids is 1. The Morgan fingerprint density at radius 2 is 2.29 bits per heavy atom. The van der Waals surface area contributed by atoms with Gasteiger partial charge >= 0.3 is 12.0 Å². The molecule has 0 bridgehead atoms. The Morgan fingerprint density at radius 1 is 1.53 bits per heavy atom. The van der Waals surface area contributed by atoms with E-state index >= 15 is 0 Å². The van der Waals surface area contributed by atoms with Crippen LogP contribution < -0.4 is 10.6 Å². The third-order valence-electron chi connectivity index (χ3n) is 2.27. The first-order chi connectivity index (χ1) is 8.13. The second-order valence-corrected chi connectivity index (χ2v) is 3.49. The van der Waals surface area contributed by atoms with Crippen LogP contribution in [0, 0.1) is 5.92 Å². The highest BCUT2D eigenvalue weighted by Crippen LogP contribution is 2.00. The van der Waals surface area contributed by atoms with Crippen LogP contribution in [0.15, 0.2) is 16.8 Å². The zero-order chi connectivity index (χ0) is 12.7. The second-order valence-electron chi connectivity index (χ2n) is 3.49. The van der Waals surface area contributed by atoms with E-state index < -0.39 is 17.9 Å². The number of nitrogens with zero attached hydrogens (tertiary/aromatic N) is 1. The molecule has 1 rings (SSSR count). The van der Waals surface area contributed by atoms with Gasteiger partial charge < -0.3 is 20.3 Å². The summed E-state index contributed by atoms with van der Waals surface area (Å²) in [6.45, 7) is 2.08. The summed E-state index contributed by atoms with van der Waals surface area (Å²) in [4.78, 5) is 22.0. The van der Waals surface area contributed by atoms with E-state index in [-0.39, 0.29) is 13.1 Å². The van der Waals surface area contributed by atoms with Gasteiger partial charge in [0.15, 0.2) is 5.76 Å². The molecule has 17 heavy (non-hydrogen) atoms. The normalized spacial score (nSPS) is 11.8. The maximum absolute atomic E-state index is 11.3. The van der Waals surface area contributed by atoms with Crippen LogP contribution in [0.5, 0.6) is 0 Å². The van der Waals surface area contributed by atoms with E-state index in [0.717, 1.165) is 0 Å². The van der Waals surface area contributed by atoms with E-state index in [2.05, 4.69) is 15.8 Å². The largest absolute Gasteiger partial charge is 0.481 e. The first-order valence-corrected chi connectivity index (χ1v) is 5.27. The third-order valence-corrected chi connectivity index (χ3v) is 2.27. The van der Waals surface area contributed by atoms with E-state index in [4.69, 9.17) is 9.63 Å². The minimum Gasteiger partial charge on any atom is -0.481 e. The minimum atomic E-state index is -0.914. The lowest BCUT2D eigenvalue weighted by molar-refractivity contribution is -0.141. The molecule has 0 aliphatic carbocycles. The van der Waals surface area contributed by atoms with Gasteiger partial charge in [-0.25, -0.2) is 4.79 Å². The van der Waals surface area contributed by atoms with Crippen molar-refractivity contribution >= 4 is 12.0 Å². The summed E-state index contributed by atoms with van der Waals surface area (Å²) in [5, 5.41) is 17.3. The Balaban J connectivity index is 2.23. The fraction of sp³-hybridized carbons (Fsp3) is 0.500. The summed E-state index contributed by atoms with van der Waals surface area (Å²) in [5.74, 6) is -0.945. The maximum atomic E-state index is 11.3. The van der Waals surface area contributed by atoms with Crippen molar-refractivity contribution in [2.75, 3.05) is 6.54 Å². The Bertz CT molecular complexity index is 364. The molecule has 1 aromatic rings. The number of carbonyl (C=O) groups is 2. The smallest absolute Gasteiger partial charge is 0.315 e. The SMILES string of the molecule is CCC(CNC(=O)NCc1ccno1)C(=O)O. The standard InChI is InChI=1S/C10H15N3O4/c1-2-7(9(14)15)5-11-10(16)12-6-8-3-4-13-17-8/h3-4,7H,2,5-6H2,1H3,(H,14,15)(H2,11,12,16). The van der Waals surface area contributed by atoms with Crippen LogP contribution in [0.25, 0.3) is 0 Å². The van der Waals surface area contributed by atoms with Gasteiger partial charge in [0, 0.05) is 12.6 Å². The lowest BCUT2D eigenvalue weighted by Crippen LogP contribution is -2.39. The Hall–Kier alpha value is -2.05. The Kier molecular flexibility index (Phi) is 4.99. The molecule has 1 unspecified atom stereocenters. The summed E-state index contributed by atoms with van der Waals surface area (Å²) in [7, 11) is 0. The van der Waals surface area contributed by atoms with Crippen LogP contribution in [0.4, 0.5) is 4.79 Å². The molecule has 0 saturated heterocycles. The number of hydrogen-bond donors (Lipinski definition) is 3. The number of carboxylic acid groups (broad SMARTS) is 1. The molecule has 0 fully saturated rings. The summed E-state index contributed by atoms with van der Waals surface area (Å²) < 4.78 is 4.78. The number of rotatable bonds is 6. The molecule has 0 aromatic carbocycles. The van der Waals surface area contributed by atoms with Crippen molar-refractivity contribution in [2.24, 2.45) is 5.92 Å². The van der Waals surface area contributed by atoms with Gasteiger partial charge in [-0.05, 0) is 6.42 Å². The highest BCUT2D eigenvalue weighted by atomic mass is 16.5. The molecule has 0 aliphatic rings. The fourth-order valence-corrected chi connectivity index (χ4v) is 1.19. The van der Waals surface area contributed by atoms with Crippen molar-refractivity contribution in [3.05, 3.63) is 18.0 Å². The van der Waals surface area contributed by atoms with E-state index in [1.165, 1.54) is 6.20 Å². The Morgan fingerprint density at radius 3 is 2.82 bits per heavy atom. The molecule has 0 saturated carbocycles. The lowest BCUT2D eigenvalue weighted by Gasteiger charge is -2.11. The average Bonchev–Trinajstić information content (AvgIpc) is 2.79. The zero-order valence-corrected chi connectivity index (χ0v) is 9.47. The molecule has 1 atom stereocenters. The summed E-state index contributed by atoms with van der Waals surface area (Å²) in [6.07, 6.45) is 1.95. The molecule has 0 aliphatic heterocycles. The molecule has 3 N–H and O–H groups in total. The molecule has 94 valence electrons. The van der Waals surface area contributed by atoms with Gasteiger partial charge in [-0.1, -0.05) is 12.1 Å². The van der Waals surface area contributed by atoms with Gasteiger partial charge in [-0.15, -0.1) is 0 Å². The molecule has 7 nitrogen and oxygen atoms in total. The fourth-order valence-electron chi connectivity index (χ4n) is 1.19. The highest BCUT2D eigenvalue weighted by Gasteiger charge is 2.15. The predicted molar refractivity (Wildman–Crippen MR) is 58.2 cm³/mol. The molecule has 0 radical (unpaired) electrons. The summed E-state index contributed by atoms with van der Waals surface area (Å²) >= 11 is 0. The zero-order valence-electron chi connectivity index (χ0n) is 9.47. The summed E-state index contributed by atoms with van der Waals surface area (Å²) in [6, 6.07) is 1.20. The number of aromatic nitrogens is 1. The van der Waals surface area contributed by atoms with E-state index in [0.29, 0.717) is 12.2 Å². The Labute approximate surface area is 98.2 Å². The van der Waals surface area contributed by atoms with Crippen LogP contribution in [-0.4, -0.2) is 28.8 Å². The molecular formula is C10H15N3O4. The maximum Gasteiger partial charge on any atom is 0.315 e. The molecular weight excluding hydrogens is 226 g/mol. The van der Waals surface area contributed by atoms with Crippen LogP contribution in [0.2, 0.25) is 0 Å². The quantitative estimate of drug-likeness (QED) is 0.676. The van der Waals surface area contributed by atoms with Crippen LogP contribution in [0.3, 0.4) is 0 Å². The number of aliphatic carboxylic acids is 1. The van der Waals surface area contributed by atoms with Crippen LogP contribution >= 0.6 is 0 Å². The number of nitrogens with one attached hydrogen (secondary N) is 2. The second kappa shape index (κ2) is 6.51. The highest BCUT2D eigenvalue weighted by molar-refractivity contribution is 5.75. The van der Waals surface area contributed by atoms with Crippen LogP contribution in [0.1, 0.15) is 19.1 Å². The molecule has 1 heterocycles. The topological polar surface area (TPSA) is 104 Å². The third kappa shape index (κ3) is 4.54. The van der Waals surface area contributed by atoms with Crippen molar-refractivity contribution in [3.8, 4) is 0 Å². The van der Waals surface area contributed by atoms with Crippen LogP contribution in [-0.2, 0) is 11.3 Å². The first-order valence-electron chi connectivity index (χ1n) is 5.27. The van der Waals surface area contributed by atoms with Crippen molar-refractivity contribution in [1.29, 1.82) is 0 Å². The molecule has 2 amide bonds. The number of hydrogen-bond acceptors (Lipinski definition) is 4. The van der Waals surface area contributed by atoms with E-state index in [9.17, 15) is 9.59 Å². The van der Waals surface area contributed by atoms with Crippen molar-refractivity contribution < 1.29 is 19.2 Å². The lowest BCUT2D eigenvalue weighted by atomic mass is 10.1. The van der Waals surface area contributed by atoms with Gasteiger partial charge in [-0.3, -0.25) is 4.79 Å². The number of amides is 2. The molecule has 1 aromatic heterocycles. The molecule has 7 heteroatoms. The van der Waals surface area contributed by atoms with Gasteiger partial charge in [0.1, 0.15) is 0 Å². The van der Waals surface area contributed by atoms with Crippen molar-refractivity contribution in [2.45, 2.75) is 19.9 Å². The number of urea groups is 1. The number of carbonyl (C=O) groups excluding carboxylic acids is 1.